The van der Waals surface area contributed by atoms with Gasteiger partial charge in [0.1, 0.15) is 0 Å². The van der Waals surface area contributed by atoms with Gasteiger partial charge in [-0.3, -0.25) is 4.79 Å². The molecule has 2 heterocycles. The van der Waals surface area contributed by atoms with Crippen molar-refractivity contribution in [3.05, 3.63) is 24.0 Å². The molecule has 108 valence electrons. The number of nitrogens with zero attached hydrogens (tertiary/aromatic N) is 2. The van der Waals surface area contributed by atoms with Crippen LogP contribution >= 0.6 is 0 Å². The number of carboxylic acids is 1. The predicted molar refractivity (Wildman–Crippen MR) is 71.7 cm³/mol. The number of carboxylic acid groups (broad SMARTS) is 1. The Morgan fingerprint density at radius 1 is 1.50 bits per heavy atom. The molecule has 0 aliphatic carbocycles. The first-order valence-corrected chi connectivity index (χ1v) is 6.70. The highest BCUT2D eigenvalue weighted by Gasteiger charge is 2.24. The van der Waals surface area contributed by atoms with Crippen molar-refractivity contribution in [3.63, 3.8) is 0 Å². The highest BCUT2D eigenvalue weighted by molar-refractivity contribution is 5.88. The zero-order valence-corrected chi connectivity index (χ0v) is 11.4. The van der Waals surface area contributed by atoms with E-state index in [1.165, 1.54) is 12.3 Å². The molecule has 1 aromatic heterocycles. The molecule has 1 N–H and O–H groups in total. The normalized spacial score (nSPS) is 18.6. The molecular weight excluding hydrogens is 260 g/mol. The summed E-state index contributed by atoms with van der Waals surface area (Å²) in [4.78, 5) is 28.6. The van der Waals surface area contributed by atoms with Crippen LogP contribution < -0.4 is 4.74 Å². The third kappa shape index (κ3) is 3.26. The zero-order chi connectivity index (χ0) is 14.5. The number of carbonyl (C=O) groups is 2. The third-order valence-electron chi connectivity index (χ3n) is 3.45. The van der Waals surface area contributed by atoms with Crippen molar-refractivity contribution >= 4 is 11.9 Å². The Morgan fingerprint density at radius 2 is 2.30 bits per heavy atom. The highest BCUT2D eigenvalue weighted by Crippen LogP contribution is 2.18. The van der Waals surface area contributed by atoms with E-state index in [0.717, 1.165) is 25.8 Å². The molecule has 1 aliphatic rings. The van der Waals surface area contributed by atoms with E-state index in [-0.39, 0.29) is 30.0 Å². The van der Waals surface area contributed by atoms with Crippen LogP contribution in [0.3, 0.4) is 0 Å². The minimum absolute atomic E-state index is 0.114. The standard InChI is InChI=1S/C14H18N2O4/c1-10-5-2-3-8-16(10)12(17)9-20-11-6-4-7-15-13(11)14(18)19/h4,6-7,10H,2-3,5,8-9H2,1H3,(H,18,19). The van der Waals surface area contributed by atoms with Crippen LogP contribution in [0.2, 0.25) is 0 Å². The van der Waals surface area contributed by atoms with Crippen LogP contribution in [0.15, 0.2) is 18.3 Å². The lowest BCUT2D eigenvalue weighted by atomic mass is 10.0. The van der Waals surface area contributed by atoms with Crippen LogP contribution in [0.5, 0.6) is 5.75 Å². The van der Waals surface area contributed by atoms with Crippen LogP contribution in [0.4, 0.5) is 0 Å². The quantitative estimate of drug-likeness (QED) is 0.904. The number of aromatic carboxylic acids is 1. The van der Waals surface area contributed by atoms with Gasteiger partial charge in [0.2, 0.25) is 0 Å². The van der Waals surface area contributed by atoms with Crippen LogP contribution in [0.1, 0.15) is 36.7 Å². The van der Waals surface area contributed by atoms with Gasteiger partial charge < -0.3 is 14.7 Å². The summed E-state index contributed by atoms with van der Waals surface area (Å²) >= 11 is 0. The van der Waals surface area contributed by atoms with E-state index < -0.39 is 5.97 Å². The Bertz CT molecular complexity index is 504. The van der Waals surface area contributed by atoms with Gasteiger partial charge in [-0.1, -0.05) is 0 Å². The number of pyridine rings is 1. The van der Waals surface area contributed by atoms with E-state index in [1.807, 2.05) is 6.92 Å². The molecule has 6 heteroatoms. The minimum Gasteiger partial charge on any atom is -0.481 e. The first kappa shape index (κ1) is 14.3. The zero-order valence-electron chi connectivity index (χ0n) is 11.4. The van der Waals surface area contributed by atoms with Crippen LogP contribution in [0, 0.1) is 0 Å². The number of hydrogen-bond donors (Lipinski definition) is 1. The molecule has 2 rings (SSSR count). The molecule has 1 fully saturated rings. The molecule has 1 atom stereocenters. The fraction of sp³-hybridized carbons (Fsp3) is 0.500. The van der Waals surface area contributed by atoms with Crippen molar-refractivity contribution in [2.75, 3.05) is 13.2 Å². The predicted octanol–water partition coefficient (Wildman–Crippen LogP) is 1.56. The summed E-state index contributed by atoms with van der Waals surface area (Å²) in [5.74, 6) is -1.16. The molecule has 6 nitrogen and oxygen atoms in total. The lowest BCUT2D eigenvalue weighted by molar-refractivity contribution is -0.136. The fourth-order valence-corrected chi connectivity index (χ4v) is 2.36. The van der Waals surface area contributed by atoms with Crippen molar-refractivity contribution < 1.29 is 19.4 Å². The second-order valence-electron chi connectivity index (χ2n) is 4.88. The molecule has 0 radical (unpaired) electrons. The van der Waals surface area contributed by atoms with Gasteiger partial charge in [-0.05, 0) is 38.3 Å². The number of piperidine rings is 1. The van der Waals surface area contributed by atoms with Gasteiger partial charge >= 0.3 is 5.97 Å². The van der Waals surface area contributed by atoms with Crippen LogP contribution in [-0.2, 0) is 4.79 Å². The maximum atomic E-state index is 12.1. The van der Waals surface area contributed by atoms with E-state index in [4.69, 9.17) is 9.84 Å². The second kappa shape index (κ2) is 6.36. The van der Waals surface area contributed by atoms with Crippen molar-refractivity contribution in [2.24, 2.45) is 0 Å². The summed E-state index contributed by atoms with van der Waals surface area (Å²) in [5.41, 5.74) is -0.174. The largest absolute Gasteiger partial charge is 0.481 e. The molecule has 1 saturated heterocycles. The summed E-state index contributed by atoms with van der Waals surface area (Å²) in [7, 11) is 0. The SMILES string of the molecule is CC1CCCCN1C(=O)COc1cccnc1C(=O)O. The van der Waals surface area contributed by atoms with Crippen molar-refractivity contribution in [1.82, 2.24) is 9.88 Å². The highest BCUT2D eigenvalue weighted by atomic mass is 16.5. The Balaban J connectivity index is 1.98. The lowest BCUT2D eigenvalue weighted by Gasteiger charge is -2.33. The van der Waals surface area contributed by atoms with Gasteiger partial charge in [-0.15, -0.1) is 0 Å². The number of aromatic nitrogens is 1. The molecule has 1 aromatic rings. The lowest BCUT2D eigenvalue weighted by Crippen LogP contribution is -2.44. The summed E-state index contributed by atoms with van der Waals surface area (Å²) in [5, 5.41) is 8.98. The Labute approximate surface area is 117 Å². The van der Waals surface area contributed by atoms with E-state index in [2.05, 4.69) is 4.98 Å². The number of rotatable bonds is 4. The van der Waals surface area contributed by atoms with Gasteiger partial charge in [-0.25, -0.2) is 9.78 Å². The van der Waals surface area contributed by atoms with E-state index in [1.54, 1.807) is 11.0 Å². The second-order valence-corrected chi connectivity index (χ2v) is 4.88. The number of carbonyl (C=O) groups excluding carboxylic acids is 1. The Kier molecular flexibility index (Phi) is 4.55. The number of hydrogen-bond acceptors (Lipinski definition) is 4. The van der Waals surface area contributed by atoms with Crippen molar-refractivity contribution in [1.29, 1.82) is 0 Å². The molecule has 1 amide bonds. The molecule has 0 aromatic carbocycles. The van der Waals surface area contributed by atoms with E-state index in [0.29, 0.717) is 0 Å². The van der Waals surface area contributed by atoms with Gasteiger partial charge in [0, 0.05) is 18.8 Å². The summed E-state index contributed by atoms with van der Waals surface area (Å²) < 4.78 is 5.33. The molecule has 0 spiro atoms. The molecule has 1 aliphatic heterocycles. The van der Waals surface area contributed by atoms with Crippen molar-refractivity contribution in [3.8, 4) is 5.75 Å². The first-order valence-electron chi connectivity index (χ1n) is 6.70. The van der Waals surface area contributed by atoms with Gasteiger partial charge in [0.25, 0.3) is 5.91 Å². The van der Waals surface area contributed by atoms with Gasteiger partial charge in [0.15, 0.2) is 18.1 Å². The van der Waals surface area contributed by atoms with E-state index in [9.17, 15) is 9.59 Å². The summed E-state index contributed by atoms with van der Waals surface area (Å²) in [6.07, 6.45) is 4.52. The average molecular weight is 278 g/mol. The van der Waals surface area contributed by atoms with Crippen LogP contribution in [-0.4, -0.2) is 46.1 Å². The van der Waals surface area contributed by atoms with Gasteiger partial charge in [-0.2, -0.15) is 0 Å². The van der Waals surface area contributed by atoms with Crippen molar-refractivity contribution in [2.45, 2.75) is 32.2 Å². The minimum atomic E-state index is -1.17. The molecule has 0 bridgehead atoms. The fourth-order valence-electron chi connectivity index (χ4n) is 2.36. The molecule has 0 saturated carbocycles. The number of ether oxygens (including phenoxy) is 1. The molecule has 1 unspecified atom stereocenters. The summed E-state index contributed by atoms with van der Waals surface area (Å²) in [6, 6.07) is 3.30. The van der Waals surface area contributed by atoms with E-state index >= 15 is 0 Å². The maximum absolute atomic E-state index is 12.1. The molecular formula is C14H18N2O4. The Morgan fingerprint density at radius 3 is 3.00 bits per heavy atom. The smallest absolute Gasteiger partial charge is 0.358 e. The topological polar surface area (TPSA) is 79.7 Å². The number of amides is 1. The average Bonchev–Trinajstić information content (AvgIpc) is 2.45. The molecule has 20 heavy (non-hydrogen) atoms. The number of likely N-dealkylation sites (tertiary alicyclic amines) is 1. The maximum Gasteiger partial charge on any atom is 0.358 e. The summed E-state index contributed by atoms with van der Waals surface area (Å²) in [6.45, 7) is 2.60. The monoisotopic (exact) mass is 278 g/mol. The Hall–Kier alpha value is -2.11. The van der Waals surface area contributed by atoms with Crippen LogP contribution in [0.25, 0.3) is 0 Å². The van der Waals surface area contributed by atoms with Gasteiger partial charge in [0.05, 0.1) is 0 Å². The first-order chi connectivity index (χ1) is 9.59. The third-order valence-corrected chi connectivity index (χ3v) is 3.45.